The van der Waals surface area contributed by atoms with Crippen LogP contribution in [0.1, 0.15) is 22.3 Å². The normalized spacial score (nSPS) is 14.6. The molecule has 5 rings (SSSR count). The molecule has 0 saturated carbocycles. The van der Waals surface area contributed by atoms with Crippen LogP contribution in [0.25, 0.3) is 0 Å². The molecule has 0 radical (unpaired) electrons. The maximum atomic E-state index is 2.93. The summed E-state index contributed by atoms with van der Waals surface area (Å²) in [5.41, 5.74) is 10.9. The summed E-state index contributed by atoms with van der Waals surface area (Å²) in [5, 5.41) is 0. The van der Waals surface area contributed by atoms with Gasteiger partial charge < -0.3 is 9.57 Å². The van der Waals surface area contributed by atoms with Gasteiger partial charge in [-0.15, -0.1) is 0 Å². The van der Waals surface area contributed by atoms with Crippen molar-refractivity contribution >= 4 is 32.1 Å². The van der Waals surface area contributed by atoms with Gasteiger partial charge in [0.15, 0.2) is 0 Å². The molecule has 1 unspecified atom stereocenters. The van der Waals surface area contributed by atoms with Crippen LogP contribution in [-0.4, -0.2) is 7.05 Å². The van der Waals surface area contributed by atoms with Crippen molar-refractivity contribution in [1.29, 1.82) is 0 Å². The van der Waals surface area contributed by atoms with Crippen molar-refractivity contribution in [3.8, 4) is 0 Å². The van der Waals surface area contributed by atoms with E-state index >= 15 is 0 Å². The molecule has 0 aliphatic carbocycles. The fourth-order valence-corrected chi connectivity index (χ4v) is 4.71. The Balaban J connectivity index is 1.72. The minimum atomic E-state index is 0.992. The van der Waals surface area contributed by atoms with Gasteiger partial charge in [0.25, 0.3) is 0 Å². The summed E-state index contributed by atoms with van der Waals surface area (Å²) in [7, 11) is 5.11. The van der Waals surface area contributed by atoms with Crippen molar-refractivity contribution in [2.24, 2.45) is 0 Å². The Morgan fingerprint density at radius 2 is 1.38 bits per heavy atom. The van der Waals surface area contributed by atoms with Gasteiger partial charge in [0.1, 0.15) is 0 Å². The Hall–Kier alpha value is -2.31. The summed E-state index contributed by atoms with van der Waals surface area (Å²) >= 11 is 0. The molecule has 0 saturated heterocycles. The lowest BCUT2D eigenvalue weighted by Crippen LogP contribution is -2.22. The first-order valence-corrected chi connectivity index (χ1v) is 8.85. The summed E-state index contributed by atoms with van der Waals surface area (Å²) in [5.74, 6) is 0. The molecule has 0 bridgehead atoms. The standard InChI is InChI=1S/C21H19N2P/c1-22-18-8-4-2-7-15(18)13-17-20(22)11-10-16-12-14-6-3-5-9-19(14)23(24)21(16)17/h2-11H,12-13,24H2,1H3. The van der Waals surface area contributed by atoms with Gasteiger partial charge in [-0.2, -0.15) is 0 Å². The van der Waals surface area contributed by atoms with Gasteiger partial charge in [-0.1, -0.05) is 42.5 Å². The van der Waals surface area contributed by atoms with Crippen LogP contribution in [0.5, 0.6) is 0 Å². The Bertz CT molecular complexity index is 964. The third-order valence-corrected chi connectivity index (χ3v) is 5.83. The van der Waals surface area contributed by atoms with Crippen molar-refractivity contribution in [2.45, 2.75) is 12.8 Å². The number of hydrogen-bond donors (Lipinski definition) is 0. The van der Waals surface area contributed by atoms with Crippen LogP contribution in [-0.2, 0) is 12.8 Å². The second-order valence-electron chi connectivity index (χ2n) is 6.61. The second-order valence-corrected chi connectivity index (χ2v) is 7.13. The van der Waals surface area contributed by atoms with E-state index in [1.54, 1.807) is 0 Å². The van der Waals surface area contributed by atoms with E-state index in [4.69, 9.17) is 0 Å². The predicted molar refractivity (Wildman–Crippen MR) is 105 cm³/mol. The minimum Gasteiger partial charge on any atom is -0.344 e. The Kier molecular flexibility index (Phi) is 2.98. The first-order chi connectivity index (χ1) is 11.7. The highest BCUT2D eigenvalue weighted by Crippen LogP contribution is 2.49. The van der Waals surface area contributed by atoms with Crippen molar-refractivity contribution in [3.05, 3.63) is 82.9 Å². The number of fused-ring (bicyclic) bond motifs is 5. The smallest absolute Gasteiger partial charge is 0.0533 e. The van der Waals surface area contributed by atoms with Crippen molar-refractivity contribution in [2.75, 3.05) is 16.6 Å². The molecule has 2 nitrogen and oxygen atoms in total. The fraction of sp³-hybridized carbons (Fsp3) is 0.143. The van der Waals surface area contributed by atoms with Gasteiger partial charge in [0.05, 0.1) is 5.69 Å². The molecule has 1 atom stereocenters. The summed E-state index contributed by atoms with van der Waals surface area (Å²) in [6.45, 7) is 0. The third-order valence-electron chi connectivity index (χ3n) is 5.30. The molecule has 0 amide bonds. The van der Waals surface area contributed by atoms with Gasteiger partial charge in [-0.05, 0) is 44.3 Å². The number of nitrogens with zero attached hydrogens (tertiary/aromatic N) is 2. The van der Waals surface area contributed by atoms with Crippen molar-refractivity contribution in [1.82, 2.24) is 0 Å². The maximum absolute atomic E-state index is 2.93. The fourth-order valence-electron chi connectivity index (χ4n) is 4.13. The highest BCUT2D eigenvalue weighted by molar-refractivity contribution is 7.20. The number of para-hydroxylation sites is 2. The van der Waals surface area contributed by atoms with Gasteiger partial charge in [-0.3, -0.25) is 0 Å². The Morgan fingerprint density at radius 1 is 0.708 bits per heavy atom. The molecule has 0 N–H and O–H groups in total. The van der Waals surface area contributed by atoms with E-state index in [1.807, 2.05) is 0 Å². The van der Waals surface area contributed by atoms with Crippen LogP contribution in [0.4, 0.5) is 22.7 Å². The minimum absolute atomic E-state index is 0.992. The molecule has 2 heterocycles. The van der Waals surface area contributed by atoms with Crippen molar-refractivity contribution < 1.29 is 0 Å². The third kappa shape index (κ3) is 1.87. The monoisotopic (exact) mass is 330 g/mol. The van der Waals surface area contributed by atoms with Crippen LogP contribution in [0.3, 0.4) is 0 Å². The van der Waals surface area contributed by atoms with Crippen molar-refractivity contribution in [3.63, 3.8) is 0 Å². The lowest BCUT2D eigenvalue weighted by Gasteiger charge is -2.37. The summed E-state index contributed by atoms with van der Waals surface area (Å²) in [6, 6.07) is 22.0. The van der Waals surface area contributed by atoms with Gasteiger partial charge in [-0.25, -0.2) is 0 Å². The molecule has 2 aliphatic heterocycles. The lowest BCUT2D eigenvalue weighted by atomic mass is 9.88. The van der Waals surface area contributed by atoms with Crippen LogP contribution in [0.15, 0.2) is 60.7 Å². The van der Waals surface area contributed by atoms with Gasteiger partial charge in [0, 0.05) is 42.5 Å². The molecule has 3 aromatic carbocycles. The highest BCUT2D eigenvalue weighted by atomic mass is 31.0. The van der Waals surface area contributed by atoms with Crippen LogP contribution in [0.2, 0.25) is 0 Å². The molecule has 0 spiro atoms. The van der Waals surface area contributed by atoms with E-state index in [9.17, 15) is 0 Å². The summed E-state index contributed by atoms with van der Waals surface area (Å²) in [4.78, 5) is 2.33. The summed E-state index contributed by atoms with van der Waals surface area (Å²) < 4.78 is 2.30. The topological polar surface area (TPSA) is 6.48 Å². The molecule has 0 aromatic heterocycles. The first-order valence-electron chi connectivity index (χ1n) is 8.33. The Morgan fingerprint density at radius 3 is 2.17 bits per heavy atom. The summed E-state index contributed by atoms with van der Waals surface area (Å²) in [6.07, 6.45) is 2.00. The molecule has 0 fully saturated rings. The Labute approximate surface area is 145 Å². The number of hydrogen-bond acceptors (Lipinski definition) is 2. The average Bonchev–Trinajstić information content (AvgIpc) is 2.62. The van der Waals surface area contributed by atoms with E-state index in [0.717, 1.165) is 12.8 Å². The zero-order valence-electron chi connectivity index (χ0n) is 13.7. The van der Waals surface area contributed by atoms with E-state index in [-0.39, 0.29) is 0 Å². The largest absolute Gasteiger partial charge is 0.344 e. The zero-order valence-corrected chi connectivity index (χ0v) is 14.8. The quantitative estimate of drug-likeness (QED) is 0.523. The molecule has 3 aromatic rings. The zero-order chi connectivity index (χ0) is 16.3. The number of benzene rings is 3. The molecule has 3 heteroatoms. The van der Waals surface area contributed by atoms with E-state index in [2.05, 4.69) is 86.7 Å². The van der Waals surface area contributed by atoms with E-state index < -0.39 is 0 Å². The second kappa shape index (κ2) is 5.09. The van der Waals surface area contributed by atoms with E-state index in [1.165, 1.54) is 45.0 Å². The van der Waals surface area contributed by atoms with Crippen LogP contribution >= 0.6 is 9.39 Å². The predicted octanol–water partition coefficient (Wildman–Crippen LogP) is 5.19. The van der Waals surface area contributed by atoms with Gasteiger partial charge >= 0.3 is 0 Å². The highest BCUT2D eigenvalue weighted by Gasteiger charge is 2.28. The molecular formula is C21H19N2P. The SMILES string of the molecule is CN1c2ccccc2Cc2c1ccc1c2N(P)c2ccccc2C1. The van der Waals surface area contributed by atoms with Crippen LogP contribution < -0.4 is 9.57 Å². The van der Waals surface area contributed by atoms with Crippen LogP contribution in [0, 0.1) is 0 Å². The molecular weight excluding hydrogens is 311 g/mol. The lowest BCUT2D eigenvalue weighted by molar-refractivity contribution is 1.02. The molecule has 118 valence electrons. The molecule has 24 heavy (non-hydrogen) atoms. The molecule has 2 aliphatic rings. The average molecular weight is 330 g/mol. The number of rotatable bonds is 0. The number of anilines is 4. The van der Waals surface area contributed by atoms with E-state index in [0.29, 0.717) is 0 Å². The van der Waals surface area contributed by atoms with Gasteiger partial charge in [0.2, 0.25) is 0 Å². The maximum Gasteiger partial charge on any atom is 0.0533 e. The first kappa shape index (κ1) is 14.1.